The molecule has 0 aliphatic carbocycles. The predicted molar refractivity (Wildman–Crippen MR) is 63.4 cm³/mol. The van der Waals surface area contributed by atoms with Crippen LogP contribution in [0.25, 0.3) is 0 Å². The van der Waals surface area contributed by atoms with E-state index in [0.717, 1.165) is 5.56 Å². The highest BCUT2D eigenvalue weighted by atomic mass is 16.5. The van der Waals surface area contributed by atoms with E-state index in [-0.39, 0.29) is 5.97 Å². The average Bonchev–Trinajstić information content (AvgIpc) is 2.31. The van der Waals surface area contributed by atoms with Crippen LogP contribution in [-0.4, -0.2) is 30.2 Å². The highest BCUT2D eigenvalue weighted by Crippen LogP contribution is 1.99. The Hall–Kier alpha value is -1.88. The smallest absolute Gasteiger partial charge is 0.320 e. The maximum absolute atomic E-state index is 10.8. The number of nitrogens with two attached hydrogens (primary N) is 1. The largest absolute Gasteiger partial charge is 0.480 e. The minimum absolute atomic E-state index is 0.198. The minimum atomic E-state index is -0.963. The number of carbonyl (C=O) groups excluding carboxylic acids is 1. The molecule has 0 radical (unpaired) electrons. The van der Waals surface area contributed by atoms with E-state index in [1.165, 1.54) is 14.0 Å². The van der Waals surface area contributed by atoms with Crippen molar-refractivity contribution in [3.63, 3.8) is 0 Å². The summed E-state index contributed by atoms with van der Waals surface area (Å²) in [5.74, 6) is -1.16. The van der Waals surface area contributed by atoms with Gasteiger partial charge in [0.15, 0.2) is 0 Å². The van der Waals surface area contributed by atoms with Gasteiger partial charge in [-0.15, -0.1) is 0 Å². The fraction of sp³-hybridized carbons (Fsp3) is 0.333. The van der Waals surface area contributed by atoms with Gasteiger partial charge in [-0.25, -0.2) is 0 Å². The van der Waals surface area contributed by atoms with Crippen LogP contribution in [0.4, 0.5) is 0 Å². The topological polar surface area (TPSA) is 89.6 Å². The van der Waals surface area contributed by atoms with Gasteiger partial charge in [0.25, 0.3) is 0 Å². The van der Waals surface area contributed by atoms with Gasteiger partial charge < -0.3 is 15.6 Å². The predicted octanol–water partition coefficient (Wildman–Crippen LogP) is 0.820. The van der Waals surface area contributed by atoms with E-state index in [4.69, 9.17) is 10.8 Å². The summed E-state index contributed by atoms with van der Waals surface area (Å²) in [6, 6.07) is 8.79. The molecule has 0 spiro atoms. The van der Waals surface area contributed by atoms with Crippen molar-refractivity contribution in [2.45, 2.75) is 19.4 Å². The van der Waals surface area contributed by atoms with Crippen molar-refractivity contribution in [3.05, 3.63) is 35.9 Å². The maximum atomic E-state index is 10.8. The Labute approximate surface area is 100 Å². The number of carboxylic acids is 1. The van der Waals surface area contributed by atoms with Gasteiger partial charge >= 0.3 is 11.9 Å². The Balaban J connectivity index is 0.000000366. The number of benzene rings is 1. The van der Waals surface area contributed by atoms with Crippen LogP contribution in [0.1, 0.15) is 12.5 Å². The third-order valence-corrected chi connectivity index (χ3v) is 1.81. The zero-order valence-corrected chi connectivity index (χ0v) is 9.92. The lowest BCUT2D eigenvalue weighted by molar-refractivity contribution is -0.140. The molecule has 0 unspecified atom stereocenters. The van der Waals surface area contributed by atoms with Gasteiger partial charge in [-0.2, -0.15) is 0 Å². The summed E-state index contributed by atoms with van der Waals surface area (Å²) in [5.41, 5.74) is 5.82. The minimum Gasteiger partial charge on any atom is -0.480 e. The fourth-order valence-corrected chi connectivity index (χ4v) is 0.835. The Morgan fingerprint density at radius 2 is 1.82 bits per heavy atom. The van der Waals surface area contributed by atoms with Crippen LogP contribution in [0.3, 0.4) is 0 Å². The van der Waals surface area contributed by atoms with Crippen LogP contribution in [-0.2, 0) is 20.7 Å². The van der Waals surface area contributed by atoms with Crippen molar-refractivity contribution >= 4 is 11.9 Å². The molecule has 0 fully saturated rings. The maximum Gasteiger partial charge on any atom is 0.320 e. The van der Waals surface area contributed by atoms with Crippen LogP contribution < -0.4 is 5.73 Å². The van der Waals surface area contributed by atoms with Crippen molar-refractivity contribution in [1.82, 2.24) is 0 Å². The quantitative estimate of drug-likeness (QED) is 0.762. The molecule has 5 heteroatoms. The van der Waals surface area contributed by atoms with Gasteiger partial charge in [0.1, 0.15) is 6.04 Å². The molecule has 1 atom stereocenters. The highest BCUT2D eigenvalue weighted by molar-refractivity contribution is 5.72. The van der Waals surface area contributed by atoms with Gasteiger partial charge in [-0.1, -0.05) is 30.3 Å². The molecular formula is C12H17NO4. The van der Waals surface area contributed by atoms with E-state index < -0.39 is 12.0 Å². The summed E-state index contributed by atoms with van der Waals surface area (Å²) < 4.78 is 4.52. The lowest BCUT2D eigenvalue weighted by Crippen LogP contribution is -2.25. The molecule has 0 aliphatic heterocycles. The second-order valence-electron chi connectivity index (χ2n) is 3.37. The number of carboxylic acid groups (broad SMARTS) is 1. The number of ether oxygens (including phenoxy) is 1. The van der Waals surface area contributed by atoms with Crippen molar-refractivity contribution in [2.75, 3.05) is 7.11 Å². The molecule has 0 heterocycles. The summed E-state index contributed by atoms with van der Waals surface area (Å²) in [6.45, 7) is 1.42. The average molecular weight is 239 g/mol. The van der Waals surface area contributed by atoms with E-state index in [1.807, 2.05) is 30.3 Å². The molecular weight excluding hydrogens is 222 g/mol. The van der Waals surface area contributed by atoms with Crippen molar-refractivity contribution in [3.8, 4) is 0 Å². The molecule has 5 nitrogen and oxygen atoms in total. The molecule has 94 valence electrons. The van der Waals surface area contributed by atoms with Crippen LogP contribution >= 0.6 is 0 Å². The molecule has 0 aromatic heterocycles. The van der Waals surface area contributed by atoms with E-state index in [1.54, 1.807) is 0 Å². The van der Waals surface area contributed by atoms with Gasteiger partial charge in [-0.3, -0.25) is 9.59 Å². The molecule has 1 aromatic carbocycles. The number of hydrogen-bond donors (Lipinski definition) is 2. The van der Waals surface area contributed by atoms with Crippen LogP contribution in [0.5, 0.6) is 0 Å². The normalized spacial score (nSPS) is 10.8. The third-order valence-electron chi connectivity index (χ3n) is 1.81. The number of methoxy groups -OCH3 is 1. The van der Waals surface area contributed by atoms with Crippen LogP contribution in [0.2, 0.25) is 0 Å². The van der Waals surface area contributed by atoms with Crippen molar-refractivity contribution < 1.29 is 19.4 Å². The first kappa shape index (κ1) is 15.1. The zero-order chi connectivity index (χ0) is 13.3. The van der Waals surface area contributed by atoms with Gasteiger partial charge in [-0.05, 0) is 12.5 Å². The highest BCUT2D eigenvalue weighted by Gasteiger charge is 2.00. The molecule has 0 saturated heterocycles. The van der Waals surface area contributed by atoms with Crippen molar-refractivity contribution in [2.24, 2.45) is 5.73 Å². The van der Waals surface area contributed by atoms with E-state index in [2.05, 4.69) is 4.74 Å². The van der Waals surface area contributed by atoms with Crippen LogP contribution in [0, 0.1) is 0 Å². The standard InChI is InChI=1S/C9H10O2.C3H7NO2/c1-11-9(10)7-8-5-3-2-4-6-8;1-2(4)3(5)6/h2-6H,7H2,1H3;2H,4H2,1H3,(H,5,6)/t;2-/m.0/s1. The number of aliphatic carboxylic acids is 1. The monoisotopic (exact) mass is 239 g/mol. The number of carbonyl (C=O) groups is 2. The summed E-state index contributed by atoms with van der Waals surface area (Å²) in [5, 5.41) is 7.87. The van der Waals surface area contributed by atoms with Gasteiger partial charge in [0, 0.05) is 0 Å². The summed E-state index contributed by atoms with van der Waals surface area (Å²) in [4.78, 5) is 20.3. The molecule has 0 saturated carbocycles. The SMILES string of the molecule is COC(=O)Cc1ccccc1.C[C@H](N)C(=O)O. The molecule has 17 heavy (non-hydrogen) atoms. The van der Waals surface area contributed by atoms with Gasteiger partial charge in [0.2, 0.25) is 0 Å². The Morgan fingerprint density at radius 1 is 1.35 bits per heavy atom. The summed E-state index contributed by atoms with van der Waals surface area (Å²) >= 11 is 0. The summed E-state index contributed by atoms with van der Waals surface area (Å²) in [7, 11) is 1.39. The second-order valence-corrected chi connectivity index (χ2v) is 3.37. The third kappa shape index (κ3) is 7.98. The van der Waals surface area contributed by atoms with Crippen LogP contribution in [0.15, 0.2) is 30.3 Å². The Bertz CT molecular complexity index is 349. The van der Waals surface area contributed by atoms with E-state index in [9.17, 15) is 9.59 Å². The fourth-order valence-electron chi connectivity index (χ4n) is 0.835. The number of hydrogen-bond acceptors (Lipinski definition) is 4. The molecule has 3 N–H and O–H groups in total. The van der Waals surface area contributed by atoms with E-state index >= 15 is 0 Å². The molecule has 0 amide bonds. The Morgan fingerprint density at radius 3 is 2.18 bits per heavy atom. The molecule has 0 aliphatic rings. The first-order valence-corrected chi connectivity index (χ1v) is 5.06. The first-order valence-electron chi connectivity index (χ1n) is 5.06. The molecule has 1 aromatic rings. The number of rotatable bonds is 3. The van der Waals surface area contributed by atoms with Gasteiger partial charge in [0.05, 0.1) is 13.5 Å². The number of esters is 1. The lowest BCUT2D eigenvalue weighted by Gasteiger charge is -1.97. The molecule has 1 rings (SSSR count). The van der Waals surface area contributed by atoms with Crippen molar-refractivity contribution in [1.29, 1.82) is 0 Å². The molecule has 0 bridgehead atoms. The van der Waals surface area contributed by atoms with E-state index in [0.29, 0.717) is 6.42 Å². The first-order chi connectivity index (χ1) is 7.97. The Kier molecular flexibility index (Phi) is 7.38. The zero-order valence-electron chi connectivity index (χ0n) is 9.92. The summed E-state index contributed by atoms with van der Waals surface area (Å²) in [6.07, 6.45) is 0.358. The second kappa shape index (κ2) is 8.29. The lowest BCUT2D eigenvalue weighted by atomic mass is 10.2.